The molecule has 0 aliphatic carbocycles. The summed E-state index contributed by atoms with van der Waals surface area (Å²) in [6.07, 6.45) is 0. The average molecular weight is 609 g/mol. The lowest BCUT2D eigenvalue weighted by Crippen LogP contribution is -2.25. The van der Waals surface area contributed by atoms with Gasteiger partial charge in [-0.25, -0.2) is 0 Å². The van der Waals surface area contributed by atoms with Crippen LogP contribution in [0.3, 0.4) is 0 Å². The van der Waals surface area contributed by atoms with Crippen molar-refractivity contribution in [2.75, 3.05) is 0 Å². The standard InChI is InChI=1S/C42H29N2OP/c45-46(34-17-5-2-6-18-34,36-26-23-30-13-7-8-16-32(30)29-36)35-27-24-33(25-28-35)43-39-21-11-12-22-40(39)44-38-20-10-9-19-37(38)41(42(43)44)31-14-3-1-4-15-31/h1-29H. The quantitative estimate of drug-likeness (QED) is 0.179. The van der Waals surface area contributed by atoms with Crippen LogP contribution in [0.15, 0.2) is 176 Å². The molecule has 0 saturated heterocycles. The first kappa shape index (κ1) is 26.7. The van der Waals surface area contributed by atoms with Gasteiger partial charge in [-0.2, -0.15) is 0 Å². The summed E-state index contributed by atoms with van der Waals surface area (Å²) in [5, 5.41) is 5.92. The van der Waals surface area contributed by atoms with Crippen LogP contribution < -0.4 is 15.9 Å². The highest BCUT2D eigenvalue weighted by atomic mass is 31.2. The molecule has 0 radical (unpaired) electrons. The maximum Gasteiger partial charge on any atom is 0.171 e. The minimum atomic E-state index is -3.17. The van der Waals surface area contributed by atoms with Crippen LogP contribution in [0.2, 0.25) is 0 Å². The predicted octanol–water partition coefficient (Wildman–Crippen LogP) is 9.50. The van der Waals surface area contributed by atoms with E-state index in [1.54, 1.807) is 0 Å². The van der Waals surface area contributed by atoms with Crippen molar-refractivity contribution < 1.29 is 4.57 Å². The fourth-order valence-corrected chi connectivity index (χ4v) is 9.72. The van der Waals surface area contributed by atoms with E-state index in [2.05, 4.69) is 136 Å². The fraction of sp³-hybridized carbons (Fsp3) is 0. The highest BCUT2D eigenvalue weighted by Crippen LogP contribution is 2.44. The van der Waals surface area contributed by atoms with Crippen LogP contribution in [-0.2, 0) is 4.57 Å². The van der Waals surface area contributed by atoms with Gasteiger partial charge in [-0.15, -0.1) is 0 Å². The number of hydrogen-bond donors (Lipinski definition) is 0. The van der Waals surface area contributed by atoms with Crippen molar-refractivity contribution in [1.82, 2.24) is 8.97 Å². The van der Waals surface area contributed by atoms with Crippen LogP contribution in [0.4, 0.5) is 0 Å². The van der Waals surface area contributed by atoms with Crippen molar-refractivity contribution in [2.45, 2.75) is 0 Å². The minimum Gasteiger partial charge on any atom is -0.309 e. The van der Waals surface area contributed by atoms with E-state index in [-0.39, 0.29) is 0 Å². The molecule has 1 atom stereocenters. The molecule has 1 unspecified atom stereocenters. The zero-order valence-corrected chi connectivity index (χ0v) is 25.9. The summed E-state index contributed by atoms with van der Waals surface area (Å²) in [6.45, 7) is 0. The lowest BCUT2D eigenvalue weighted by molar-refractivity contribution is 0.592. The van der Waals surface area contributed by atoms with E-state index >= 15 is 4.57 Å². The lowest BCUT2D eigenvalue weighted by atomic mass is 10.0. The molecule has 0 aliphatic rings. The van der Waals surface area contributed by atoms with E-state index in [9.17, 15) is 0 Å². The fourth-order valence-electron chi connectivity index (χ4n) is 7.06. The van der Waals surface area contributed by atoms with Crippen LogP contribution in [-0.4, -0.2) is 8.97 Å². The van der Waals surface area contributed by atoms with Gasteiger partial charge in [0, 0.05) is 32.6 Å². The number of para-hydroxylation sites is 3. The first-order valence-corrected chi connectivity index (χ1v) is 17.3. The molecule has 9 rings (SSSR count). The molecule has 0 amide bonds. The third kappa shape index (κ3) is 3.96. The Labute approximate surface area is 267 Å². The van der Waals surface area contributed by atoms with Gasteiger partial charge in [0.05, 0.1) is 16.6 Å². The molecule has 0 spiro atoms. The molecule has 7 aromatic carbocycles. The average Bonchev–Trinajstić information content (AvgIpc) is 3.64. The summed E-state index contributed by atoms with van der Waals surface area (Å²) in [5.41, 5.74) is 7.94. The number of imidazole rings is 1. The van der Waals surface area contributed by atoms with Gasteiger partial charge in [-0.3, -0.25) is 8.97 Å². The van der Waals surface area contributed by atoms with Gasteiger partial charge < -0.3 is 4.57 Å². The molecular formula is C42H29N2OP. The number of nitrogens with zero attached hydrogens (tertiary/aromatic N) is 2. The second-order valence-electron chi connectivity index (χ2n) is 11.7. The Morgan fingerprint density at radius 2 is 1.00 bits per heavy atom. The monoisotopic (exact) mass is 608 g/mol. The Balaban J connectivity index is 1.29. The molecule has 218 valence electrons. The number of hydrogen-bond acceptors (Lipinski definition) is 1. The molecule has 4 heteroatoms. The lowest BCUT2D eigenvalue weighted by Gasteiger charge is -2.21. The van der Waals surface area contributed by atoms with Gasteiger partial charge >= 0.3 is 0 Å². The summed E-state index contributed by atoms with van der Waals surface area (Å²) in [5.74, 6) is 0. The molecule has 0 aliphatic heterocycles. The van der Waals surface area contributed by atoms with E-state index in [1.807, 2.05) is 48.5 Å². The Morgan fingerprint density at radius 1 is 0.435 bits per heavy atom. The van der Waals surface area contributed by atoms with Crippen molar-refractivity contribution in [1.29, 1.82) is 0 Å². The molecule has 0 saturated carbocycles. The number of fused-ring (bicyclic) bond motifs is 6. The summed E-state index contributed by atoms with van der Waals surface area (Å²) in [6, 6.07) is 60.6. The SMILES string of the molecule is O=P(c1ccccc1)(c1ccc(-n2c3ccccc3n3c4ccccc4c(-c4ccccc4)c23)cc1)c1ccc2ccccc2c1. The first-order valence-electron chi connectivity index (χ1n) is 15.6. The van der Waals surface area contributed by atoms with Crippen molar-refractivity contribution in [3.63, 3.8) is 0 Å². The van der Waals surface area contributed by atoms with Crippen molar-refractivity contribution in [3.8, 4) is 16.8 Å². The molecule has 2 heterocycles. The molecule has 3 nitrogen and oxygen atoms in total. The zero-order chi connectivity index (χ0) is 30.7. The van der Waals surface area contributed by atoms with E-state index < -0.39 is 7.14 Å². The Hall–Kier alpha value is -5.63. The van der Waals surface area contributed by atoms with E-state index in [0.29, 0.717) is 0 Å². The Bertz CT molecular complexity index is 2600. The van der Waals surface area contributed by atoms with Gasteiger partial charge in [0.25, 0.3) is 0 Å². The molecule has 9 aromatic rings. The summed E-state index contributed by atoms with van der Waals surface area (Å²) >= 11 is 0. The van der Waals surface area contributed by atoms with Gasteiger partial charge in [0.1, 0.15) is 5.65 Å². The molecule has 46 heavy (non-hydrogen) atoms. The summed E-state index contributed by atoms with van der Waals surface area (Å²) in [4.78, 5) is 0. The van der Waals surface area contributed by atoms with Crippen LogP contribution in [0, 0.1) is 0 Å². The summed E-state index contributed by atoms with van der Waals surface area (Å²) in [7, 11) is -3.17. The number of benzene rings is 7. The Kier molecular flexibility index (Phi) is 6.09. The Morgan fingerprint density at radius 3 is 1.76 bits per heavy atom. The highest BCUT2D eigenvalue weighted by molar-refractivity contribution is 7.85. The second kappa shape index (κ2) is 10.5. The minimum absolute atomic E-state index is 0.814. The van der Waals surface area contributed by atoms with E-state index in [1.165, 1.54) is 22.0 Å². The van der Waals surface area contributed by atoms with Gasteiger partial charge in [0.15, 0.2) is 7.14 Å². The van der Waals surface area contributed by atoms with Gasteiger partial charge in [-0.05, 0) is 64.9 Å². The molecule has 0 bridgehead atoms. The van der Waals surface area contributed by atoms with Crippen molar-refractivity contribution >= 4 is 61.4 Å². The number of rotatable bonds is 5. The molecule has 0 fully saturated rings. The topological polar surface area (TPSA) is 26.4 Å². The van der Waals surface area contributed by atoms with Crippen LogP contribution in [0.5, 0.6) is 0 Å². The molecular weight excluding hydrogens is 579 g/mol. The van der Waals surface area contributed by atoms with Crippen LogP contribution >= 0.6 is 7.14 Å². The zero-order valence-electron chi connectivity index (χ0n) is 25.0. The van der Waals surface area contributed by atoms with Gasteiger partial charge in [-0.1, -0.05) is 127 Å². The second-order valence-corrected chi connectivity index (χ2v) is 14.5. The largest absolute Gasteiger partial charge is 0.309 e. The third-order valence-corrected chi connectivity index (χ3v) is 12.2. The normalized spacial score (nSPS) is 13.0. The maximum absolute atomic E-state index is 15.4. The molecule has 0 N–H and O–H groups in total. The molecule has 2 aromatic heterocycles. The van der Waals surface area contributed by atoms with Crippen molar-refractivity contribution in [3.05, 3.63) is 176 Å². The number of aromatic nitrogens is 2. The predicted molar refractivity (Wildman–Crippen MR) is 194 cm³/mol. The van der Waals surface area contributed by atoms with Crippen LogP contribution in [0.25, 0.3) is 55.2 Å². The van der Waals surface area contributed by atoms with Crippen LogP contribution in [0.1, 0.15) is 0 Å². The van der Waals surface area contributed by atoms with Gasteiger partial charge in [0.2, 0.25) is 0 Å². The summed E-state index contributed by atoms with van der Waals surface area (Å²) < 4.78 is 20.2. The van der Waals surface area contributed by atoms with E-state index in [4.69, 9.17) is 0 Å². The highest BCUT2D eigenvalue weighted by Gasteiger charge is 2.30. The third-order valence-electron chi connectivity index (χ3n) is 9.18. The first-order chi connectivity index (χ1) is 22.7. The van der Waals surface area contributed by atoms with Crippen molar-refractivity contribution in [2.24, 2.45) is 0 Å². The van der Waals surface area contributed by atoms with E-state index in [0.717, 1.165) is 49.1 Å². The maximum atomic E-state index is 15.4. The smallest absolute Gasteiger partial charge is 0.171 e.